The molecule has 0 atom stereocenters. The molecule has 0 aliphatic rings. The Kier molecular flexibility index (Phi) is 4.75. The normalized spacial score (nSPS) is 11.0. The number of benzene rings is 2. The van der Waals surface area contributed by atoms with Gasteiger partial charge in [0.2, 0.25) is 0 Å². The van der Waals surface area contributed by atoms with E-state index in [2.05, 4.69) is 9.98 Å². The van der Waals surface area contributed by atoms with Gasteiger partial charge in [0, 0.05) is 17.7 Å². The molecule has 0 unspecified atom stereocenters. The molecule has 0 aliphatic heterocycles. The van der Waals surface area contributed by atoms with Crippen molar-refractivity contribution in [3.8, 4) is 17.0 Å². The molecule has 1 aromatic heterocycles. The summed E-state index contributed by atoms with van der Waals surface area (Å²) in [6, 6.07) is 15.4. The van der Waals surface area contributed by atoms with Crippen LogP contribution in [0.5, 0.6) is 5.75 Å². The third-order valence-corrected chi connectivity index (χ3v) is 4.01. The molecule has 3 aromatic rings. The number of nitrogens with zero attached hydrogens (tertiary/aromatic N) is 3. The van der Waals surface area contributed by atoms with Gasteiger partial charge in [0.05, 0.1) is 22.5 Å². The molecule has 6 heteroatoms. The lowest BCUT2D eigenvalue weighted by Gasteiger charge is -2.09. The Bertz CT molecular complexity index is 993. The third kappa shape index (κ3) is 3.59. The highest BCUT2D eigenvalue weighted by atomic mass is 16.6. The van der Waals surface area contributed by atoms with Gasteiger partial charge < -0.3 is 5.11 Å². The Labute approximate surface area is 150 Å². The number of aromatic nitrogens is 1. The Balaban J connectivity index is 1.96. The van der Waals surface area contributed by atoms with E-state index in [0.717, 1.165) is 22.4 Å². The van der Waals surface area contributed by atoms with Crippen molar-refractivity contribution in [2.75, 3.05) is 0 Å². The summed E-state index contributed by atoms with van der Waals surface area (Å²) in [5, 5.41) is 20.7. The summed E-state index contributed by atoms with van der Waals surface area (Å²) in [4.78, 5) is 19.1. The first-order valence-corrected chi connectivity index (χ1v) is 8.01. The van der Waals surface area contributed by atoms with Crippen molar-refractivity contribution in [2.24, 2.45) is 4.99 Å². The largest absolute Gasteiger partial charge is 0.506 e. The van der Waals surface area contributed by atoms with E-state index in [9.17, 15) is 15.2 Å². The van der Waals surface area contributed by atoms with E-state index in [-0.39, 0.29) is 17.1 Å². The summed E-state index contributed by atoms with van der Waals surface area (Å²) in [5.41, 5.74) is 4.74. The van der Waals surface area contributed by atoms with Crippen LogP contribution in [0.25, 0.3) is 11.3 Å². The van der Waals surface area contributed by atoms with Crippen molar-refractivity contribution in [1.29, 1.82) is 0 Å². The van der Waals surface area contributed by atoms with Gasteiger partial charge >= 0.3 is 0 Å². The molecule has 0 bridgehead atoms. The van der Waals surface area contributed by atoms with E-state index in [4.69, 9.17) is 0 Å². The van der Waals surface area contributed by atoms with Gasteiger partial charge in [0.1, 0.15) is 11.4 Å². The molecule has 0 saturated heterocycles. The molecule has 3 rings (SSSR count). The highest BCUT2D eigenvalue weighted by molar-refractivity contribution is 5.82. The zero-order valence-electron chi connectivity index (χ0n) is 14.4. The maximum atomic E-state index is 10.9. The Morgan fingerprint density at radius 1 is 1.08 bits per heavy atom. The predicted octanol–water partition coefficient (Wildman–Crippen LogP) is 4.73. The minimum Gasteiger partial charge on any atom is -0.506 e. The molecule has 0 spiro atoms. The van der Waals surface area contributed by atoms with Crippen molar-refractivity contribution in [1.82, 2.24) is 4.98 Å². The fourth-order valence-corrected chi connectivity index (χ4v) is 2.75. The van der Waals surface area contributed by atoms with Crippen LogP contribution in [-0.2, 0) is 0 Å². The monoisotopic (exact) mass is 347 g/mol. The molecule has 1 heterocycles. The van der Waals surface area contributed by atoms with E-state index in [1.165, 1.54) is 24.4 Å². The fourth-order valence-electron chi connectivity index (χ4n) is 2.75. The maximum Gasteiger partial charge on any atom is 0.271 e. The second kappa shape index (κ2) is 7.14. The summed E-state index contributed by atoms with van der Waals surface area (Å²) in [5.74, 6) is -0.127. The van der Waals surface area contributed by atoms with Crippen LogP contribution >= 0.6 is 0 Å². The van der Waals surface area contributed by atoms with Crippen LogP contribution < -0.4 is 0 Å². The SMILES string of the molecule is Cc1cccc(C)c1-c1cccc(/C=N/c2cc([N+](=O)[O-])ccc2O)n1. The van der Waals surface area contributed by atoms with Gasteiger partial charge in [-0.3, -0.25) is 15.1 Å². The van der Waals surface area contributed by atoms with E-state index in [1.54, 1.807) is 6.07 Å². The second-order valence-electron chi connectivity index (χ2n) is 5.90. The standard InChI is InChI=1S/C20H17N3O3/c1-13-5-3-6-14(2)20(13)17-8-4-7-15(22-17)12-21-18-11-16(23(25)26)9-10-19(18)24/h3-12,24H,1-2H3/b21-12+. The van der Waals surface area contributed by atoms with Gasteiger partial charge in [-0.1, -0.05) is 24.3 Å². The first kappa shape index (κ1) is 17.3. The van der Waals surface area contributed by atoms with Gasteiger partial charge in [0.15, 0.2) is 0 Å². The van der Waals surface area contributed by atoms with Crippen LogP contribution in [0.2, 0.25) is 0 Å². The number of aromatic hydroxyl groups is 1. The molecule has 0 saturated carbocycles. The van der Waals surface area contributed by atoms with Crippen molar-refractivity contribution in [3.05, 3.63) is 81.5 Å². The summed E-state index contributed by atoms with van der Waals surface area (Å²) in [6.45, 7) is 4.07. The number of hydrogen-bond acceptors (Lipinski definition) is 5. The van der Waals surface area contributed by atoms with Crippen LogP contribution in [0.15, 0.2) is 59.6 Å². The van der Waals surface area contributed by atoms with Gasteiger partial charge in [0.25, 0.3) is 5.69 Å². The average molecular weight is 347 g/mol. The minimum atomic E-state index is -0.529. The molecule has 6 nitrogen and oxygen atoms in total. The summed E-state index contributed by atoms with van der Waals surface area (Å²) in [7, 11) is 0. The topological polar surface area (TPSA) is 88.6 Å². The van der Waals surface area contributed by atoms with Gasteiger partial charge in [-0.2, -0.15) is 0 Å². The van der Waals surface area contributed by atoms with Gasteiger partial charge in [-0.25, -0.2) is 4.98 Å². The zero-order chi connectivity index (χ0) is 18.7. The van der Waals surface area contributed by atoms with Crippen LogP contribution in [-0.4, -0.2) is 21.2 Å². The molecular formula is C20H17N3O3. The lowest BCUT2D eigenvalue weighted by atomic mass is 9.99. The number of pyridine rings is 1. The molecule has 0 amide bonds. The quantitative estimate of drug-likeness (QED) is 0.420. The van der Waals surface area contributed by atoms with Crippen LogP contribution in [0, 0.1) is 24.0 Å². The zero-order valence-corrected chi connectivity index (χ0v) is 14.4. The predicted molar refractivity (Wildman–Crippen MR) is 101 cm³/mol. The average Bonchev–Trinajstić information content (AvgIpc) is 2.61. The molecule has 26 heavy (non-hydrogen) atoms. The number of hydrogen-bond donors (Lipinski definition) is 1. The molecular weight excluding hydrogens is 330 g/mol. The van der Waals surface area contributed by atoms with Crippen LogP contribution in [0.1, 0.15) is 16.8 Å². The van der Waals surface area contributed by atoms with E-state index < -0.39 is 4.92 Å². The lowest BCUT2D eigenvalue weighted by molar-refractivity contribution is -0.384. The maximum absolute atomic E-state index is 10.9. The van der Waals surface area contributed by atoms with Crippen molar-refractivity contribution in [2.45, 2.75) is 13.8 Å². The summed E-state index contributed by atoms with van der Waals surface area (Å²) >= 11 is 0. The lowest BCUT2D eigenvalue weighted by Crippen LogP contribution is -1.94. The van der Waals surface area contributed by atoms with E-state index >= 15 is 0 Å². The molecule has 0 aliphatic carbocycles. The van der Waals surface area contributed by atoms with E-state index in [0.29, 0.717) is 5.69 Å². The molecule has 0 fully saturated rings. The van der Waals surface area contributed by atoms with Crippen LogP contribution in [0.3, 0.4) is 0 Å². The fraction of sp³-hybridized carbons (Fsp3) is 0.100. The van der Waals surface area contributed by atoms with Crippen molar-refractivity contribution < 1.29 is 10.0 Å². The summed E-state index contributed by atoms with van der Waals surface area (Å²) < 4.78 is 0. The minimum absolute atomic E-state index is 0.124. The highest BCUT2D eigenvalue weighted by Crippen LogP contribution is 2.30. The first-order chi connectivity index (χ1) is 12.5. The van der Waals surface area contributed by atoms with Crippen molar-refractivity contribution >= 4 is 17.6 Å². The molecule has 1 N–H and O–H groups in total. The number of nitro groups is 1. The number of nitro benzene ring substituents is 1. The second-order valence-corrected chi connectivity index (χ2v) is 5.90. The smallest absolute Gasteiger partial charge is 0.271 e. The summed E-state index contributed by atoms with van der Waals surface area (Å²) in [6.07, 6.45) is 1.48. The molecule has 0 radical (unpaired) electrons. The third-order valence-electron chi connectivity index (χ3n) is 4.01. The van der Waals surface area contributed by atoms with Gasteiger partial charge in [-0.15, -0.1) is 0 Å². The number of phenols is 1. The first-order valence-electron chi connectivity index (χ1n) is 8.01. The number of phenolic OH excluding ortho intramolecular Hbond substituents is 1. The molecule has 2 aromatic carbocycles. The van der Waals surface area contributed by atoms with Crippen LogP contribution in [0.4, 0.5) is 11.4 Å². The Hall–Kier alpha value is -3.54. The number of aryl methyl sites for hydroxylation is 2. The molecule has 130 valence electrons. The van der Waals surface area contributed by atoms with Gasteiger partial charge in [-0.05, 0) is 43.2 Å². The highest BCUT2D eigenvalue weighted by Gasteiger charge is 2.10. The Morgan fingerprint density at radius 3 is 2.46 bits per heavy atom. The van der Waals surface area contributed by atoms with Crippen molar-refractivity contribution in [3.63, 3.8) is 0 Å². The number of non-ortho nitro benzene ring substituents is 1. The van der Waals surface area contributed by atoms with E-state index in [1.807, 2.05) is 44.2 Å². The number of aliphatic imine (C=N–C) groups is 1. The number of rotatable bonds is 4. The Morgan fingerprint density at radius 2 is 1.77 bits per heavy atom.